The molecule has 8 heteroatoms. The molecule has 132 valence electrons. The van der Waals surface area contributed by atoms with Crippen LogP contribution in [0.4, 0.5) is 0 Å². The summed E-state index contributed by atoms with van der Waals surface area (Å²) in [5, 5.41) is 0. The number of nitrogens with zero attached hydrogens (tertiary/aromatic N) is 2. The minimum atomic E-state index is -3.27. The summed E-state index contributed by atoms with van der Waals surface area (Å²) < 4.78 is 37.0. The first-order chi connectivity index (χ1) is 11.0. The lowest BCUT2D eigenvalue weighted by Gasteiger charge is -2.39. The molecular weight excluding hydrogens is 320 g/mol. The van der Waals surface area contributed by atoms with Crippen molar-refractivity contribution in [2.24, 2.45) is 11.3 Å². The second-order valence-corrected chi connectivity index (χ2v) is 8.92. The lowest BCUT2D eigenvalue weighted by molar-refractivity contribution is -0.144. The summed E-state index contributed by atoms with van der Waals surface area (Å²) >= 11 is 0. The molecule has 3 heterocycles. The molecule has 7 nitrogen and oxygen atoms in total. The van der Waals surface area contributed by atoms with Crippen LogP contribution in [0.25, 0.3) is 0 Å². The molecule has 1 amide bonds. The molecule has 0 aromatic heterocycles. The molecule has 0 N–H and O–H groups in total. The lowest BCUT2D eigenvalue weighted by atomic mass is 9.71. The molecule has 0 aromatic rings. The molecule has 3 fully saturated rings. The topological polar surface area (TPSA) is 76.2 Å². The number of morpholine rings is 1. The summed E-state index contributed by atoms with van der Waals surface area (Å²) in [5.74, 6) is -0.0901. The van der Waals surface area contributed by atoms with Gasteiger partial charge in [0.25, 0.3) is 0 Å². The summed E-state index contributed by atoms with van der Waals surface area (Å²) in [6.45, 7) is 5.95. The van der Waals surface area contributed by atoms with Crippen molar-refractivity contribution in [3.63, 3.8) is 0 Å². The van der Waals surface area contributed by atoms with Gasteiger partial charge in [-0.2, -0.15) is 0 Å². The Morgan fingerprint density at radius 2 is 1.74 bits per heavy atom. The molecule has 0 aliphatic carbocycles. The van der Waals surface area contributed by atoms with Gasteiger partial charge in [0.05, 0.1) is 24.9 Å². The van der Waals surface area contributed by atoms with Crippen LogP contribution in [-0.2, 0) is 24.3 Å². The van der Waals surface area contributed by atoms with E-state index in [2.05, 4.69) is 0 Å². The third-order valence-electron chi connectivity index (χ3n) is 5.48. The first-order valence-electron chi connectivity index (χ1n) is 8.41. The number of carbonyl (C=O) groups excluding carboxylic acids is 1. The average Bonchev–Trinajstić information content (AvgIpc) is 2.95. The van der Waals surface area contributed by atoms with Crippen molar-refractivity contribution in [3.05, 3.63) is 0 Å². The van der Waals surface area contributed by atoms with E-state index in [1.54, 1.807) is 6.92 Å². The number of amides is 1. The Morgan fingerprint density at radius 3 is 2.35 bits per heavy atom. The normalized spacial score (nSPS) is 29.1. The minimum absolute atomic E-state index is 0.0814. The van der Waals surface area contributed by atoms with Crippen LogP contribution in [0.2, 0.25) is 0 Å². The number of ether oxygens (including phenoxy) is 2. The van der Waals surface area contributed by atoms with Crippen molar-refractivity contribution in [2.45, 2.75) is 19.8 Å². The summed E-state index contributed by atoms with van der Waals surface area (Å²) in [7, 11) is -3.27. The van der Waals surface area contributed by atoms with E-state index in [1.807, 2.05) is 4.90 Å². The zero-order valence-electron chi connectivity index (χ0n) is 13.7. The smallest absolute Gasteiger partial charge is 0.227 e. The molecule has 3 rings (SSSR count). The van der Waals surface area contributed by atoms with Crippen molar-refractivity contribution in [1.82, 2.24) is 9.21 Å². The highest BCUT2D eigenvalue weighted by molar-refractivity contribution is 7.89. The van der Waals surface area contributed by atoms with E-state index in [4.69, 9.17) is 9.47 Å². The standard InChI is InChI=1S/C15H26N2O5S/c1-2-23(19,20)17-11-13(14(18)16-5-9-22-10-6-16)15(12-17)3-7-21-8-4-15/h13H,2-12H2,1H3. The van der Waals surface area contributed by atoms with Gasteiger partial charge in [0.1, 0.15) is 0 Å². The molecule has 23 heavy (non-hydrogen) atoms. The van der Waals surface area contributed by atoms with Gasteiger partial charge in [0.15, 0.2) is 0 Å². The first-order valence-corrected chi connectivity index (χ1v) is 10.0. The SMILES string of the molecule is CCS(=O)(=O)N1CC(C(=O)N2CCOCC2)C2(CCOCC2)C1. The van der Waals surface area contributed by atoms with E-state index < -0.39 is 10.0 Å². The minimum Gasteiger partial charge on any atom is -0.381 e. The molecule has 3 aliphatic heterocycles. The Bertz CT molecular complexity index is 538. The van der Waals surface area contributed by atoms with Crippen LogP contribution in [0.15, 0.2) is 0 Å². The Balaban J connectivity index is 1.84. The van der Waals surface area contributed by atoms with E-state index in [1.165, 1.54) is 4.31 Å². The van der Waals surface area contributed by atoms with Gasteiger partial charge in [-0.15, -0.1) is 0 Å². The molecule has 1 spiro atoms. The lowest BCUT2D eigenvalue weighted by Crippen LogP contribution is -2.49. The largest absolute Gasteiger partial charge is 0.381 e. The Hall–Kier alpha value is -0.700. The quantitative estimate of drug-likeness (QED) is 0.715. The van der Waals surface area contributed by atoms with Crippen LogP contribution in [-0.4, -0.2) is 81.9 Å². The fourth-order valence-electron chi connectivity index (χ4n) is 3.95. The monoisotopic (exact) mass is 346 g/mol. The second kappa shape index (κ2) is 6.66. The van der Waals surface area contributed by atoms with E-state index >= 15 is 0 Å². The molecule has 3 saturated heterocycles. The maximum atomic E-state index is 13.0. The van der Waals surface area contributed by atoms with Crippen molar-refractivity contribution in [1.29, 1.82) is 0 Å². The third-order valence-corrected chi connectivity index (χ3v) is 7.28. The maximum Gasteiger partial charge on any atom is 0.227 e. The fraction of sp³-hybridized carbons (Fsp3) is 0.933. The van der Waals surface area contributed by atoms with Crippen molar-refractivity contribution < 1.29 is 22.7 Å². The Morgan fingerprint density at radius 1 is 1.13 bits per heavy atom. The maximum absolute atomic E-state index is 13.0. The predicted octanol–water partition coefficient (Wildman–Crippen LogP) is -0.0765. The van der Waals surface area contributed by atoms with E-state index in [9.17, 15) is 13.2 Å². The van der Waals surface area contributed by atoms with E-state index in [0.717, 1.165) is 12.8 Å². The second-order valence-electron chi connectivity index (χ2n) is 6.66. The van der Waals surface area contributed by atoms with Crippen LogP contribution >= 0.6 is 0 Å². The molecule has 1 unspecified atom stereocenters. The zero-order valence-corrected chi connectivity index (χ0v) is 14.5. The molecule has 0 saturated carbocycles. The molecule has 0 radical (unpaired) electrons. The summed E-state index contributed by atoms with van der Waals surface area (Å²) in [5.41, 5.74) is -0.268. The van der Waals surface area contributed by atoms with Crippen LogP contribution in [0.5, 0.6) is 0 Å². The van der Waals surface area contributed by atoms with Crippen molar-refractivity contribution in [3.8, 4) is 0 Å². The van der Waals surface area contributed by atoms with Crippen molar-refractivity contribution in [2.75, 3.05) is 58.4 Å². The van der Waals surface area contributed by atoms with Gasteiger partial charge < -0.3 is 14.4 Å². The summed E-state index contributed by atoms with van der Waals surface area (Å²) in [6.07, 6.45) is 1.51. The first kappa shape index (κ1) is 17.1. The number of hydrogen-bond acceptors (Lipinski definition) is 5. The number of hydrogen-bond donors (Lipinski definition) is 0. The van der Waals surface area contributed by atoms with Crippen LogP contribution < -0.4 is 0 Å². The third kappa shape index (κ3) is 3.26. The highest BCUT2D eigenvalue weighted by Gasteiger charge is 2.53. The average molecular weight is 346 g/mol. The molecule has 3 aliphatic rings. The van der Waals surface area contributed by atoms with Gasteiger partial charge in [0, 0.05) is 44.8 Å². The number of carbonyl (C=O) groups is 1. The zero-order chi connectivity index (χ0) is 16.5. The molecule has 0 bridgehead atoms. The van der Waals surface area contributed by atoms with Gasteiger partial charge in [-0.05, 0) is 19.8 Å². The van der Waals surface area contributed by atoms with Crippen LogP contribution in [0, 0.1) is 11.3 Å². The van der Waals surface area contributed by atoms with Gasteiger partial charge in [-0.25, -0.2) is 12.7 Å². The van der Waals surface area contributed by atoms with E-state index in [-0.39, 0.29) is 23.0 Å². The Kier molecular flexibility index (Phi) is 4.96. The Labute approximate surface area is 138 Å². The highest BCUT2D eigenvalue weighted by Crippen LogP contribution is 2.46. The van der Waals surface area contributed by atoms with Gasteiger partial charge in [-0.1, -0.05) is 0 Å². The molecule has 1 atom stereocenters. The number of sulfonamides is 1. The van der Waals surface area contributed by atoms with Gasteiger partial charge in [0.2, 0.25) is 15.9 Å². The molecular formula is C15H26N2O5S. The highest BCUT2D eigenvalue weighted by atomic mass is 32.2. The van der Waals surface area contributed by atoms with Gasteiger partial charge in [-0.3, -0.25) is 4.79 Å². The van der Waals surface area contributed by atoms with E-state index in [0.29, 0.717) is 52.6 Å². The summed E-state index contributed by atoms with van der Waals surface area (Å²) in [4.78, 5) is 14.9. The van der Waals surface area contributed by atoms with Gasteiger partial charge >= 0.3 is 0 Å². The predicted molar refractivity (Wildman–Crippen MR) is 84.4 cm³/mol. The van der Waals surface area contributed by atoms with Crippen LogP contribution in [0.3, 0.4) is 0 Å². The fourth-order valence-corrected chi connectivity index (χ4v) is 5.14. The van der Waals surface area contributed by atoms with Crippen LogP contribution in [0.1, 0.15) is 19.8 Å². The molecule has 0 aromatic carbocycles. The summed E-state index contributed by atoms with van der Waals surface area (Å²) in [6, 6.07) is 0. The van der Waals surface area contributed by atoms with Crippen molar-refractivity contribution >= 4 is 15.9 Å². The number of rotatable bonds is 3.